The third-order valence-corrected chi connectivity index (χ3v) is 4.35. The minimum atomic E-state index is -0.130. The molecule has 1 N–H and O–H groups in total. The number of nitrogens with zero attached hydrogens (tertiary/aromatic N) is 2. The van der Waals surface area contributed by atoms with Crippen molar-refractivity contribution in [2.45, 2.75) is 38.1 Å². The first-order chi connectivity index (χ1) is 11.2. The summed E-state index contributed by atoms with van der Waals surface area (Å²) in [6, 6.07) is 10.7. The Balaban J connectivity index is 1.56. The van der Waals surface area contributed by atoms with Crippen molar-refractivity contribution in [3.63, 3.8) is 0 Å². The monoisotopic (exact) mass is 311 g/mol. The van der Waals surface area contributed by atoms with Gasteiger partial charge in [-0.1, -0.05) is 31.0 Å². The maximum absolute atomic E-state index is 12.2. The molecule has 5 heteroatoms. The van der Waals surface area contributed by atoms with Gasteiger partial charge < -0.3 is 5.32 Å². The van der Waals surface area contributed by atoms with E-state index in [0.29, 0.717) is 24.6 Å². The summed E-state index contributed by atoms with van der Waals surface area (Å²) in [7, 11) is 0. The van der Waals surface area contributed by atoms with E-state index in [4.69, 9.17) is 0 Å². The Morgan fingerprint density at radius 2 is 1.96 bits per heavy atom. The number of hydrogen-bond donors (Lipinski definition) is 1. The van der Waals surface area contributed by atoms with Gasteiger partial charge in [-0.25, -0.2) is 4.98 Å². The molecule has 1 aromatic heterocycles. The maximum Gasteiger partial charge on any atom is 0.253 e. The second-order valence-electron chi connectivity index (χ2n) is 5.95. The minimum absolute atomic E-state index is 0.0455. The van der Waals surface area contributed by atoms with Gasteiger partial charge in [-0.05, 0) is 25.0 Å². The van der Waals surface area contributed by atoms with E-state index in [1.54, 1.807) is 29.1 Å². The quantitative estimate of drug-likeness (QED) is 0.922. The van der Waals surface area contributed by atoms with Crippen LogP contribution in [0.2, 0.25) is 0 Å². The molecule has 1 amide bonds. The van der Waals surface area contributed by atoms with E-state index in [1.165, 1.54) is 12.8 Å². The topological polar surface area (TPSA) is 64.0 Å². The molecule has 1 heterocycles. The molecule has 0 radical (unpaired) electrons. The van der Waals surface area contributed by atoms with Crippen LogP contribution in [0.1, 0.15) is 47.7 Å². The van der Waals surface area contributed by atoms with Crippen molar-refractivity contribution in [3.8, 4) is 0 Å². The lowest BCUT2D eigenvalue weighted by atomic mass is 10.0. The van der Waals surface area contributed by atoms with Crippen LogP contribution in [0, 0.1) is 0 Å². The molecule has 3 rings (SSSR count). The third-order valence-electron chi connectivity index (χ3n) is 4.35. The van der Waals surface area contributed by atoms with Gasteiger partial charge in [0.15, 0.2) is 0 Å². The summed E-state index contributed by atoms with van der Waals surface area (Å²) in [5.74, 6) is 0.310. The number of rotatable bonds is 5. The molecule has 0 aliphatic heterocycles. The number of amides is 1. The molecule has 2 aromatic rings. The minimum Gasteiger partial charge on any atom is -0.350 e. The van der Waals surface area contributed by atoms with Crippen LogP contribution < -0.4 is 10.9 Å². The van der Waals surface area contributed by atoms with Gasteiger partial charge in [0.25, 0.3) is 11.5 Å². The van der Waals surface area contributed by atoms with Crippen molar-refractivity contribution >= 4 is 5.91 Å². The van der Waals surface area contributed by atoms with Gasteiger partial charge in [0.1, 0.15) is 0 Å². The van der Waals surface area contributed by atoms with Crippen LogP contribution in [-0.2, 0) is 6.54 Å². The summed E-state index contributed by atoms with van der Waals surface area (Å²) in [6.07, 6.45) is 6.31. The highest BCUT2D eigenvalue weighted by atomic mass is 16.1. The average molecular weight is 311 g/mol. The lowest BCUT2D eigenvalue weighted by molar-refractivity contribution is 0.0952. The molecule has 1 saturated carbocycles. The van der Waals surface area contributed by atoms with Crippen molar-refractivity contribution in [2.75, 3.05) is 6.54 Å². The third kappa shape index (κ3) is 3.86. The predicted molar refractivity (Wildman–Crippen MR) is 88.5 cm³/mol. The standard InChI is InChI=1S/C18H21N3O2/c22-17-12-16(14-6-4-5-7-14)20-13-21(17)11-10-19-18(23)15-8-2-1-3-9-15/h1-3,8-9,12-14H,4-7,10-11H2,(H,19,23). The first kappa shape index (κ1) is 15.5. The van der Waals surface area contributed by atoms with Gasteiger partial charge in [-0.3, -0.25) is 14.2 Å². The first-order valence-corrected chi connectivity index (χ1v) is 8.13. The molecular formula is C18H21N3O2. The fourth-order valence-corrected chi connectivity index (χ4v) is 3.03. The van der Waals surface area contributed by atoms with Crippen LogP contribution in [0.3, 0.4) is 0 Å². The van der Waals surface area contributed by atoms with Gasteiger partial charge in [-0.2, -0.15) is 0 Å². The fourth-order valence-electron chi connectivity index (χ4n) is 3.03. The lowest BCUT2D eigenvalue weighted by Crippen LogP contribution is -2.31. The van der Waals surface area contributed by atoms with Crippen LogP contribution >= 0.6 is 0 Å². The average Bonchev–Trinajstić information content (AvgIpc) is 3.11. The van der Waals surface area contributed by atoms with Gasteiger partial charge in [0, 0.05) is 30.6 Å². The Hall–Kier alpha value is -2.43. The van der Waals surface area contributed by atoms with Crippen LogP contribution in [0.4, 0.5) is 0 Å². The first-order valence-electron chi connectivity index (χ1n) is 8.13. The molecule has 23 heavy (non-hydrogen) atoms. The van der Waals surface area contributed by atoms with Crippen molar-refractivity contribution in [1.82, 2.24) is 14.9 Å². The van der Waals surface area contributed by atoms with Crippen LogP contribution in [0.5, 0.6) is 0 Å². The SMILES string of the molecule is O=C(NCCn1cnc(C2CCCC2)cc1=O)c1ccccc1. The van der Waals surface area contributed by atoms with E-state index >= 15 is 0 Å². The highest BCUT2D eigenvalue weighted by Crippen LogP contribution is 2.32. The molecule has 0 saturated heterocycles. The summed E-state index contributed by atoms with van der Waals surface area (Å²) in [5, 5.41) is 2.82. The second kappa shape index (κ2) is 7.22. The molecular weight excluding hydrogens is 290 g/mol. The molecule has 0 atom stereocenters. The molecule has 0 spiro atoms. The Labute approximate surface area is 135 Å². The number of benzene rings is 1. The van der Waals surface area contributed by atoms with Crippen molar-refractivity contribution in [1.29, 1.82) is 0 Å². The van der Waals surface area contributed by atoms with Gasteiger partial charge in [0.2, 0.25) is 0 Å². The van der Waals surface area contributed by atoms with Gasteiger partial charge in [0.05, 0.1) is 12.0 Å². The molecule has 120 valence electrons. The highest BCUT2D eigenvalue weighted by molar-refractivity contribution is 5.94. The molecule has 1 aliphatic rings. The summed E-state index contributed by atoms with van der Waals surface area (Å²) >= 11 is 0. The number of carbonyl (C=O) groups is 1. The number of carbonyl (C=O) groups excluding carboxylic acids is 1. The smallest absolute Gasteiger partial charge is 0.253 e. The number of nitrogens with one attached hydrogen (secondary N) is 1. The second-order valence-corrected chi connectivity index (χ2v) is 5.95. The molecule has 5 nitrogen and oxygen atoms in total. The Bertz CT molecular complexity index is 719. The predicted octanol–water partition coefficient (Wildman–Crippen LogP) is 2.33. The van der Waals surface area contributed by atoms with E-state index in [1.807, 2.05) is 18.2 Å². The zero-order valence-electron chi connectivity index (χ0n) is 13.1. The Morgan fingerprint density at radius 3 is 2.65 bits per heavy atom. The van der Waals surface area contributed by atoms with Crippen molar-refractivity contribution < 1.29 is 4.79 Å². The maximum atomic E-state index is 12.2. The summed E-state index contributed by atoms with van der Waals surface area (Å²) in [4.78, 5) is 28.5. The van der Waals surface area contributed by atoms with E-state index in [9.17, 15) is 9.59 Å². The van der Waals surface area contributed by atoms with E-state index in [-0.39, 0.29) is 11.5 Å². The summed E-state index contributed by atoms with van der Waals surface area (Å²) < 4.78 is 1.55. The van der Waals surface area contributed by atoms with Gasteiger partial charge >= 0.3 is 0 Å². The molecule has 1 fully saturated rings. The Morgan fingerprint density at radius 1 is 1.22 bits per heavy atom. The molecule has 1 aromatic carbocycles. The van der Waals surface area contributed by atoms with Crippen LogP contribution in [0.15, 0.2) is 47.5 Å². The molecule has 0 bridgehead atoms. The van der Waals surface area contributed by atoms with E-state index in [0.717, 1.165) is 18.5 Å². The summed E-state index contributed by atoms with van der Waals surface area (Å²) in [5.41, 5.74) is 1.49. The van der Waals surface area contributed by atoms with Crippen LogP contribution in [-0.4, -0.2) is 22.0 Å². The Kier molecular flexibility index (Phi) is 4.86. The van der Waals surface area contributed by atoms with Gasteiger partial charge in [-0.15, -0.1) is 0 Å². The normalized spacial score (nSPS) is 14.8. The van der Waals surface area contributed by atoms with Crippen molar-refractivity contribution in [3.05, 3.63) is 64.3 Å². The fraction of sp³-hybridized carbons (Fsp3) is 0.389. The largest absolute Gasteiger partial charge is 0.350 e. The summed E-state index contributed by atoms with van der Waals surface area (Å²) in [6.45, 7) is 0.827. The van der Waals surface area contributed by atoms with E-state index in [2.05, 4.69) is 10.3 Å². The lowest BCUT2D eigenvalue weighted by Gasteiger charge is -2.11. The number of hydrogen-bond acceptors (Lipinski definition) is 3. The molecule has 0 unspecified atom stereocenters. The zero-order chi connectivity index (χ0) is 16.1. The van der Waals surface area contributed by atoms with Crippen molar-refractivity contribution in [2.24, 2.45) is 0 Å². The van der Waals surface area contributed by atoms with E-state index < -0.39 is 0 Å². The highest BCUT2D eigenvalue weighted by Gasteiger charge is 2.18. The molecule has 1 aliphatic carbocycles. The number of aromatic nitrogens is 2. The zero-order valence-corrected chi connectivity index (χ0v) is 13.1. The van der Waals surface area contributed by atoms with Crippen LogP contribution in [0.25, 0.3) is 0 Å².